The van der Waals surface area contributed by atoms with Gasteiger partial charge in [-0.25, -0.2) is 5.01 Å². The molecule has 8 heteroatoms. The van der Waals surface area contributed by atoms with Gasteiger partial charge in [-0.15, -0.1) is 0 Å². The smallest absolute Gasteiger partial charge is 0.168 e. The fourth-order valence-electron chi connectivity index (χ4n) is 5.01. The molecule has 0 radical (unpaired) electrons. The Morgan fingerprint density at radius 2 is 1.97 bits per heavy atom. The molecular weight excluding hydrogens is 438 g/mol. The number of anilines is 3. The third-order valence-corrected chi connectivity index (χ3v) is 7.91. The van der Waals surface area contributed by atoms with Crippen LogP contribution in [-0.2, 0) is 0 Å². The summed E-state index contributed by atoms with van der Waals surface area (Å²) in [6.45, 7) is 2.06. The molecule has 0 amide bonds. The highest BCUT2D eigenvalue weighted by Crippen LogP contribution is 2.46. The Kier molecular flexibility index (Phi) is 4.66. The van der Waals surface area contributed by atoms with Crippen molar-refractivity contribution in [2.24, 2.45) is 16.9 Å². The van der Waals surface area contributed by atoms with Crippen molar-refractivity contribution in [3.8, 4) is 0 Å². The van der Waals surface area contributed by atoms with E-state index in [0.29, 0.717) is 10.9 Å². The van der Waals surface area contributed by atoms with Gasteiger partial charge < -0.3 is 21.1 Å². The number of rotatable bonds is 2. The molecule has 4 aliphatic rings. The van der Waals surface area contributed by atoms with Crippen molar-refractivity contribution in [3.05, 3.63) is 66.5 Å². The van der Waals surface area contributed by atoms with E-state index in [1.807, 2.05) is 17.2 Å². The first-order chi connectivity index (χ1) is 15.6. The Morgan fingerprint density at radius 3 is 2.84 bits per heavy atom. The second-order valence-corrected chi connectivity index (χ2v) is 9.96. The minimum absolute atomic E-state index is 0.0260. The van der Waals surface area contributed by atoms with Crippen molar-refractivity contribution < 1.29 is 5.11 Å². The molecule has 0 aromatic heterocycles. The van der Waals surface area contributed by atoms with Gasteiger partial charge in [0.2, 0.25) is 0 Å². The molecule has 4 atom stereocenters. The number of hydrogen-bond donors (Lipinski definition) is 4. The number of hydrogen-bond acceptors (Lipinski definition) is 6. The molecule has 2 aromatic carbocycles. The maximum atomic E-state index is 10.6. The molecule has 1 saturated heterocycles. The number of thiocarbonyl (C=S) groups is 1. The highest BCUT2D eigenvalue weighted by Gasteiger charge is 2.48. The Labute approximate surface area is 196 Å². The van der Waals surface area contributed by atoms with Crippen molar-refractivity contribution >= 4 is 51.9 Å². The van der Waals surface area contributed by atoms with E-state index >= 15 is 0 Å². The first kappa shape index (κ1) is 19.7. The quantitative estimate of drug-likeness (QED) is 0.405. The molecule has 6 rings (SSSR count). The number of nitrogens with one attached hydrogen (secondary N) is 3. The zero-order chi connectivity index (χ0) is 21.8. The van der Waals surface area contributed by atoms with E-state index in [4.69, 9.17) is 17.3 Å². The number of para-hydroxylation sites is 1. The van der Waals surface area contributed by atoms with Gasteiger partial charge in [0.05, 0.1) is 34.8 Å². The topological polar surface area (TPSA) is 71.9 Å². The van der Waals surface area contributed by atoms with E-state index in [-0.39, 0.29) is 24.0 Å². The minimum Gasteiger partial charge on any atom is -0.512 e. The van der Waals surface area contributed by atoms with E-state index in [1.54, 1.807) is 17.8 Å². The van der Waals surface area contributed by atoms with Crippen LogP contribution in [0.3, 0.4) is 0 Å². The van der Waals surface area contributed by atoms with Crippen LogP contribution in [0.4, 0.5) is 17.1 Å². The van der Waals surface area contributed by atoms with Crippen LogP contribution in [0.2, 0.25) is 0 Å². The zero-order valence-corrected chi connectivity index (χ0v) is 19.1. The molecule has 3 aliphatic heterocycles. The lowest BCUT2D eigenvalue weighted by molar-refractivity contribution is 0.236. The molecule has 0 saturated carbocycles. The van der Waals surface area contributed by atoms with E-state index in [2.05, 4.69) is 65.3 Å². The lowest BCUT2D eigenvalue weighted by Gasteiger charge is -2.42. The van der Waals surface area contributed by atoms with Gasteiger partial charge in [0.15, 0.2) is 5.11 Å². The molecule has 0 spiro atoms. The maximum Gasteiger partial charge on any atom is 0.168 e. The van der Waals surface area contributed by atoms with Crippen molar-refractivity contribution in [1.82, 2.24) is 10.6 Å². The predicted octanol–water partition coefficient (Wildman–Crippen LogP) is 4.90. The third kappa shape index (κ3) is 3.17. The van der Waals surface area contributed by atoms with Crippen LogP contribution >= 0.6 is 24.0 Å². The summed E-state index contributed by atoms with van der Waals surface area (Å²) in [6.07, 6.45) is 6.45. The van der Waals surface area contributed by atoms with Gasteiger partial charge in [-0.05, 0) is 62.0 Å². The highest BCUT2D eigenvalue weighted by molar-refractivity contribution is 7.99. The highest BCUT2D eigenvalue weighted by atomic mass is 32.2. The van der Waals surface area contributed by atoms with Gasteiger partial charge in [0.25, 0.3) is 0 Å². The zero-order valence-electron chi connectivity index (χ0n) is 17.4. The molecule has 6 nitrogen and oxygen atoms in total. The summed E-state index contributed by atoms with van der Waals surface area (Å²) in [5.41, 5.74) is 4.22. The Morgan fingerprint density at radius 1 is 1.12 bits per heavy atom. The minimum atomic E-state index is -0.103. The van der Waals surface area contributed by atoms with Crippen LogP contribution in [0.15, 0.2) is 81.3 Å². The summed E-state index contributed by atoms with van der Waals surface area (Å²) in [5, 5.41) is 28.5. The number of fused-ring (bicyclic) bond motifs is 3. The Bertz CT molecular complexity index is 1210. The SMILES string of the molecule is CC1=NN(c2ccc3c(c2)Nc2ccccc2S3)C2NC(=S)NC(C3CC=CC=C3O)C12. The Balaban J connectivity index is 1.32. The first-order valence-electron chi connectivity index (χ1n) is 10.7. The van der Waals surface area contributed by atoms with Crippen LogP contribution < -0.4 is 21.0 Å². The van der Waals surface area contributed by atoms with Gasteiger partial charge in [0.1, 0.15) is 6.17 Å². The molecule has 0 bridgehead atoms. The molecule has 3 heterocycles. The Hall–Kier alpha value is -2.97. The van der Waals surface area contributed by atoms with Crippen molar-refractivity contribution in [1.29, 1.82) is 0 Å². The number of aliphatic hydroxyl groups is 1. The molecule has 162 valence electrons. The number of aliphatic hydroxyl groups excluding tert-OH is 1. The number of benzene rings is 2. The first-order valence-corrected chi connectivity index (χ1v) is 12.0. The molecule has 4 N–H and O–H groups in total. The normalized spacial score (nSPS) is 27.8. The lowest BCUT2D eigenvalue weighted by Crippen LogP contribution is -2.65. The second kappa shape index (κ2) is 7.56. The summed E-state index contributed by atoms with van der Waals surface area (Å²) >= 11 is 7.34. The van der Waals surface area contributed by atoms with E-state index < -0.39 is 0 Å². The summed E-state index contributed by atoms with van der Waals surface area (Å²) in [6, 6.07) is 14.7. The standard InChI is InChI=1S/C24H23N5OS2/c1-13-21-22(15-6-2-4-8-18(15)30)26-24(31)27-23(21)29(28-13)14-10-11-20-17(12-14)25-16-7-3-5-9-19(16)32-20/h2-5,7-12,15,21-23,25,30H,6H2,1H3,(H2,26,27,31). The fraction of sp³-hybridized carbons (Fsp3) is 0.250. The molecule has 32 heavy (non-hydrogen) atoms. The van der Waals surface area contributed by atoms with E-state index in [9.17, 15) is 5.11 Å². The van der Waals surface area contributed by atoms with Crippen molar-refractivity contribution in [2.75, 3.05) is 10.3 Å². The average Bonchev–Trinajstić information content (AvgIpc) is 3.13. The molecule has 1 fully saturated rings. The van der Waals surface area contributed by atoms with Crippen LogP contribution in [0, 0.1) is 11.8 Å². The molecular formula is C24H23N5OS2. The number of nitrogens with zero attached hydrogens (tertiary/aromatic N) is 2. The average molecular weight is 462 g/mol. The van der Waals surface area contributed by atoms with Gasteiger partial charge in [-0.1, -0.05) is 36.0 Å². The number of hydrazone groups is 1. The van der Waals surface area contributed by atoms with Gasteiger partial charge in [-0.2, -0.15) is 5.10 Å². The van der Waals surface area contributed by atoms with Gasteiger partial charge >= 0.3 is 0 Å². The van der Waals surface area contributed by atoms with Crippen molar-refractivity contribution in [2.45, 2.75) is 35.3 Å². The maximum absolute atomic E-state index is 10.6. The molecule has 1 aliphatic carbocycles. The van der Waals surface area contributed by atoms with Gasteiger partial charge in [0, 0.05) is 21.4 Å². The summed E-state index contributed by atoms with van der Waals surface area (Å²) in [7, 11) is 0. The number of allylic oxidation sites excluding steroid dienone is 3. The lowest BCUT2D eigenvalue weighted by atomic mass is 9.79. The fourth-order valence-corrected chi connectivity index (χ4v) is 6.23. The van der Waals surface area contributed by atoms with E-state index in [0.717, 1.165) is 29.2 Å². The van der Waals surface area contributed by atoms with E-state index in [1.165, 1.54) is 9.79 Å². The van der Waals surface area contributed by atoms with Crippen LogP contribution in [-0.4, -0.2) is 28.1 Å². The van der Waals surface area contributed by atoms with Crippen molar-refractivity contribution in [3.63, 3.8) is 0 Å². The third-order valence-electron chi connectivity index (χ3n) is 6.53. The van der Waals surface area contributed by atoms with Crippen LogP contribution in [0.5, 0.6) is 0 Å². The summed E-state index contributed by atoms with van der Waals surface area (Å²) in [5.74, 6) is 0.442. The molecule has 2 aromatic rings. The predicted molar refractivity (Wildman–Crippen MR) is 134 cm³/mol. The second-order valence-electron chi connectivity index (χ2n) is 8.47. The van der Waals surface area contributed by atoms with Crippen LogP contribution in [0.1, 0.15) is 13.3 Å². The largest absolute Gasteiger partial charge is 0.512 e. The summed E-state index contributed by atoms with van der Waals surface area (Å²) in [4.78, 5) is 2.42. The molecule has 4 unspecified atom stereocenters. The monoisotopic (exact) mass is 461 g/mol. The van der Waals surface area contributed by atoms with Gasteiger partial charge in [-0.3, -0.25) is 0 Å². The summed E-state index contributed by atoms with van der Waals surface area (Å²) < 4.78 is 0. The van der Waals surface area contributed by atoms with Crippen LogP contribution in [0.25, 0.3) is 0 Å².